The molecule has 0 saturated heterocycles. The van der Waals surface area contributed by atoms with Crippen LogP contribution in [0, 0.1) is 5.41 Å². The minimum atomic E-state index is -0.916. The fraction of sp³-hybridized carbons (Fsp3) is 0.538. The average Bonchev–Trinajstić information content (AvgIpc) is 2.88. The van der Waals surface area contributed by atoms with Crippen LogP contribution in [0.3, 0.4) is 0 Å². The summed E-state index contributed by atoms with van der Waals surface area (Å²) in [6.07, 6.45) is 2.15. The minimum Gasteiger partial charge on any atom is -0.477 e. The van der Waals surface area contributed by atoms with Crippen LogP contribution in [-0.4, -0.2) is 23.1 Å². The van der Waals surface area contributed by atoms with Crippen LogP contribution in [0.25, 0.3) is 0 Å². The smallest absolute Gasteiger partial charge is 0.345 e. The molecule has 0 radical (unpaired) electrons. The van der Waals surface area contributed by atoms with Crippen LogP contribution >= 0.6 is 11.3 Å². The summed E-state index contributed by atoms with van der Waals surface area (Å²) in [5.41, 5.74) is -0.398. The van der Waals surface area contributed by atoms with Crippen LogP contribution in [0.2, 0.25) is 0 Å². The Morgan fingerprint density at radius 1 is 1.44 bits per heavy atom. The SMILES string of the molecule is CC(C)OC(=O)C1(Cc2ccc(C(=O)O)s2)CC1. The van der Waals surface area contributed by atoms with E-state index in [1.807, 2.05) is 13.8 Å². The van der Waals surface area contributed by atoms with Gasteiger partial charge in [0, 0.05) is 4.88 Å². The van der Waals surface area contributed by atoms with Crippen molar-refractivity contribution in [3.63, 3.8) is 0 Å². The predicted octanol–water partition coefficient (Wildman–Crippen LogP) is 2.72. The molecule has 1 heterocycles. The first-order valence-electron chi connectivity index (χ1n) is 5.96. The molecule has 1 saturated carbocycles. The maximum Gasteiger partial charge on any atom is 0.345 e. The first-order chi connectivity index (χ1) is 8.43. The number of thiophene rings is 1. The number of rotatable bonds is 5. The van der Waals surface area contributed by atoms with E-state index in [0.717, 1.165) is 17.7 Å². The number of hydrogen-bond donors (Lipinski definition) is 1. The van der Waals surface area contributed by atoms with Gasteiger partial charge in [-0.25, -0.2) is 4.79 Å². The van der Waals surface area contributed by atoms with Crippen LogP contribution in [0.5, 0.6) is 0 Å². The van der Waals surface area contributed by atoms with E-state index in [-0.39, 0.29) is 12.1 Å². The molecule has 1 fully saturated rings. The molecule has 1 N–H and O–H groups in total. The maximum atomic E-state index is 11.9. The molecule has 2 rings (SSSR count). The second-order valence-corrected chi connectivity index (χ2v) is 6.15. The van der Waals surface area contributed by atoms with Gasteiger partial charge in [-0.15, -0.1) is 11.3 Å². The molecule has 0 atom stereocenters. The molecule has 0 aromatic carbocycles. The minimum absolute atomic E-state index is 0.104. The summed E-state index contributed by atoms with van der Waals surface area (Å²) in [6, 6.07) is 3.38. The van der Waals surface area contributed by atoms with Gasteiger partial charge >= 0.3 is 11.9 Å². The first-order valence-corrected chi connectivity index (χ1v) is 6.78. The summed E-state index contributed by atoms with van der Waals surface area (Å²) in [6.45, 7) is 3.67. The Labute approximate surface area is 110 Å². The predicted molar refractivity (Wildman–Crippen MR) is 67.9 cm³/mol. The van der Waals surface area contributed by atoms with Crippen molar-refractivity contribution in [3.8, 4) is 0 Å². The van der Waals surface area contributed by atoms with E-state index in [0.29, 0.717) is 11.3 Å². The van der Waals surface area contributed by atoms with E-state index in [1.165, 1.54) is 11.3 Å². The molecule has 0 aliphatic heterocycles. The maximum absolute atomic E-state index is 11.9. The second-order valence-electron chi connectivity index (χ2n) is 4.98. The zero-order chi connectivity index (χ0) is 13.3. The standard InChI is InChI=1S/C13H16O4S/c1-8(2)17-12(16)13(5-6-13)7-9-3-4-10(18-9)11(14)15/h3-4,8H,5-7H2,1-2H3,(H,14,15). The molecular formula is C13H16O4S. The number of esters is 1. The number of carboxylic acids is 1. The van der Waals surface area contributed by atoms with Gasteiger partial charge in [0.05, 0.1) is 11.5 Å². The van der Waals surface area contributed by atoms with Crippen molar-refractivity contribution in [2.45, 2.75) is 39.2 Å². The summed E-state index contributed by atoms with van der Waals surface area (Å²) >= 11 is 1.24. The van der Waals surface area contributed by atoms with Gasteiger partial charge in [-0.1, -0.05) is 0 Å². The van der Waals surface area contributed by atoms with Crippen LogP contribution in [0.1, 0.15) is 41.2 Å². The third-order valence-electron chi connectivity index (χ3n) is 3.01. The fourth-order valence-corrected chi connectivity index (χ4v) is 2.85. The number of aromatic carboxylic acids is 1. The zero-order valence-electron chi connectivity index (χ0n) is 10.4. The van der Waals surface area contributed by atoms with E-state index in [4.69, 9.17) is 9.84 Å². The Morgan fingerprint density at radius 3 is 2.56 bits per heavy atom. The van der Waals surface area contributed by atoms with Gasteiger partial charge in [0.1, 0.15) is 4.88 Å². The molecular weight excluding hydrogens is 252 g/mol. The fourth-order valence-electron chi connectivity index (χ4n) is 1.86. The van der Waals surface area contributed by atoms with Crippen LogP contribution in [0.4, 0.5) is 0 Å². The van der Waals surface area contributed by atoms with Gasteiger partial charge in [-0.05, 0) is 45.2 Å². The molecule has 1 aromatic heterocycles. The lowest BCUT2D eigenvalue weighted by atomic mass is 10.0. The topological polar surface area (TPSA) is 63.6 Å². The first kappa shape index (κ1) is 13.1. The number of hydrogen-bond acceptors (Lipinski definition) is 4. The molecule has 0 bridgehead atoms. The molecule has 1 aliphatic carbocycles. The summed E-state index contributed by atoms with van der Waals surface area (Å²) in [5.74, 6) is -1.07. The Balaban J connectivity index is 2.04. The third-order valence-corrected chi connectivity index (χ3v) is 4.09. The number of carbonyl (C=O) groups excluding carboxylic acids is 1. The molecule has 1 aromatic rings. The highest BCUT2D eigenvalue weighted by Crippen LogP contribution is 2.50. The summed E-state index contributed by atoms with van der Waals surface area (Å²) in [7, 11) is 0. The van der Waals surface area contributed by atoms with E-state index in [9.17, 15) is 9.59 Å². The van der Waals surface area contributed by atoms with Crippen molar-refractivity contribution in [2.75, 3.05) is 0 Å². The Hall–Kier alpha value is -1.36. The van der Waals surface area contributed by atoms with Crippen molar-refractivity contribution < 1.29 is 19.4 Å². The van der Waals surface area contributed by atoms with Crippen molar-refractivity contribution in [1.82, 2.24) is 0 Å². The molecule has 98 valence electrons. The molecule has 18 heavy (non-hydrogen) atoms. The Kier molecular flexibility index (Phi) is 3.43. The van der Waals surface area contributed by atoms with Gasteiger partial charge in [-0.2, -0.15) is 0 Å². The van der Waals surface area contributed by atoms with Crippen LogP contribution < -0.4 is 0 Å². The molecule has 5 heteroatoms. The summed E-state index contributed by atoms with van der Waals surface area (Å²) < 4.78 is 5.25. The lowest BCUT2D eigenvalue weighted by Gasteiger charge is -2.15. The van der Waals surface area contributed by atoms with Gasteiger partial charge in [-0.3, -0.25) is 4.79 Å². The lowest BCUT2D eigenvalue weighted by molar-refractivity contribution is -0.154. The molecule has 4 nitrogen and oxygen atoms in total. The number of carboxylic acid groups (broad SMARTS) is 1. The Bertz CT molecular complexity index is 471. The molecule has 0 spiro atoms. The molecule has 0 amide bonds. The van der Waals surface area contributed by atoms with Crippen molar-refractivity contribution in [2.24, 2.45) is 5.41 Å². The second kappa shape index (κ2) is 4.72. The monoisotopic (exact) mass is 268 g/mol. The average molecular weight is 268 g/mol. The van der Waals surface area contributed by atoms with E-state index in [1.54, 1.807) is 12.1 Å². The Morgan fingerprint density at radius 2 is 2.11 bits per heavy atom. The number of ether oxygens (including phenoxy) is 1. The van der Waals surface area contributed by atoms with Gasteiger partial charge in [0.15, 0.2) is 0 Å². The van der Waals surface area contributed by atoms with Gasteiger partial charge < -0.3 is 9.84 Å². The van der Waals surface area contributed by atoms with Crippen molar-refractivity contribution in [1.29, 1.82) is 0 Å². The zero-order valence-corrected chi connectivity index (χ0v) is 11.3. The highest BCUT2D eigenvalue weighted by atomic mass is 32.1. The van der Waals surface area contributed by atoms with Crippen LogP contribution in [-0.2, 0) is 16.0 Å². The van der Waals surface area contributed by atoms with Gasteiger partial charge in [0.25, 0.3) is 0 Å². The van der Waals surface area contributed by atoms with Gasteiger partial charge in [0.2, 0.25) is 0 Å². The summed E-state index contributed by atoms with van der Waals surface area (Å²) in [4.78, 5) is 24.0. The normalized spacial score (nSPS) is 16.6. The number of carbonyl (C=O) groups is 2. The van der Waals surface area contributed by atoms with Crippen molar-refractivity contribution in [3.05, 3.63) is 21.9 Å². The van der Waals surface area contributed by atoms with E-state index in [2.05, 4.69) is 0 Å². The molecule has 1 aliphatic rings. The molecule has 0 unspecified atom stereocenters. The van der Waals surface area contributed by atoms with Crippen molar-refractivity contribution >= 4 is 23.3 Å². The highest BCUT2D eigenvalue weighted by molar-refractivity contribution is 7.13. The lowest BCUT2D eigenvalue weighted by Crippen LogP contribution is -2.24. The van der Waals surface area contributed by atoms with Crippen LogP contribution in [0.15, 0.2) is 12.1 Å². The summed E-state index contributed by atoms with van der Waals surface area (Å²) in [5, 5.41) is 8.86. The quantitative estimate of drug-likeness (QED) is 0.834. The van der Waals surface area contributed by atoms with E-state index < -0.39 is 11.4 Å². The highest BCUT2D eigenvalue weighted by Gasteiger charge is 2.51. The van der Waals surface area contributed by atoms with E-state index >= 15 is 0 Å². The third kappa shape index (κ3) is 2.72. The largest absolute Gasteiger partial charge is 0.477 e.